The molecular formula is C18H15Br2NO3. The highest BCUT2D eigenvalue weighted by Gasteiger charge is 2.37. The summed E-state index contributed by atoms with van der Waals surface area (Å²) in [6, 6.07) is 11.1. The van der Waals surface area contributed by atoms with E-state index in [1.165, 1.54) is 4.90 Å². The zero-order valence-corrected chi connectivity index (χ0v) is 16.2. The molecule has 0 saturated heterocycles. The van der Waals surface area contributed by atoms with Crippen molar-refractivity contribution in [1.82, 2.24) is 0 Å². The fourth-order valence-electron chi connectivity index (χ4n) is 2.60. The van der Waals surface area contributed by atoms with E-state index in [2.05, 4.69) is 38.8 Å². The molecule has 0 N–H and O–H groups in total. The Balaban J connectivity index is 1.86. The first-order valence-corrected chi connectivity index (χ1v) is 9.17. The summed E-state index contributed by atoms with van der Waals surface area (Å²) in [7, 11) is 0. The molecule has 124 valence electrons. The highest BCUT2D eigenvalue weighted by atomic mass is 79.9. The molecule has 0 spiro atoms. The molecule has 6 heteroatoms. The fourth-order valence-corrected chi connectivity index (χ4v) is 4.04. The first-order valence-electron chi connectivity index (χ1n) is 7.58. The summed E-state index contributed by atoms with van der Waals surface area (Å²) in [4.78, 5) is 26.1. The maximum Gasteiger partial charge on any atom is 0.299 e. The van der Waals surface area contributed by atoms with Crippen molar-refractivity contribution in [1.29, 1.82) is 0 Å². The summed E-state index contributed by atoms with van der Waals surface area (Å²) in [5.74, 6) is -0.181. The highest BCUT2D eigenvalue weighted by Crippen LogP contribution is 2.39. The predicted molar refractivity (Wildman–Crippen MR) is 99.6 cm³/mol. The van der Waals surface area contributed by atoms with Gasteiger partial charge in [0.15, 0.2) is 0 Å². The van der Waals surface area contributed by atoms with Gasteiger partial charge in [-0.2, -0.15) is 0 Å². The number of halogens is 2. The number of ether oxygens (including phenoxy) is 1. The molecule has 1 aliphatic heterocycles. The molecule has 24 heavy (non-hydrogen) atoms. The monoisotopic (exact) mass is 451 g/mol. The van der Waals surface area contributed by atoms with Gasteiger partial charge in [-0.1, -0.05) is 35.0 Å². The van der Waals surface area contributed by atoms with Crippen LogP contribution >= 0.6 is 31.9 Å². The maximum atomic E-state index is 12.4. The number of anilines is 1. The van der Waals surface area contributed by atoms with Gasteiger partial charge >= 0.3 is 0 Å². The standard InChI is InChI=1S/C18H15Br2NO3/c1-2-7-24-13-5-3-11(4-6-13)10-21-16-14(17(22)18(21)23)8-12(19)9-15(16)20/h3-6,8-9H,2,7,10H2,1H3. The molecular weight excluding hydrogens is 438 g/mol. The van der Waals surface area contributed by atoms with E-state index in [-0.39, 0.29) is 0 Å². The van der Waals surface area contributed by atoms with Crippen LogP contribution in [-0.2, 0) is 11.3 Å². The summed E-state index contributed by atoms with van der Waals surface area (Å²) in [6.07, 6.45) is 0.951. The number of rotatable bonds is 5. The summed E-state index contributed by atoms with van der Waals surface area (Å²) < 4.78 is 7.03. The van der Waals surface area contributed by atoms with E-state index in [1.807, 2.05) is 30.3 Å². The highest BCUT2D eigenvalue weighted by molar-refractivity contribution is 9.11. The molecule has 1 amide bonds. The van der Waals surface area contributed by atoms with Crippen molar-refractivity contribution in [2.24, 2.45) is 0 Å². The number of carbonyl (C=O) groups is 2. The Morgan fingerprint density at radius 1 is 1.08 bits per heavy atom. The average molecular weight is 453 g/mol. The summed E-state index contributed by atoms with van der Waals surface area (Å²) >= 11 is 6.80. The van der Waals surface area contributed by atoms with E-state index >= 15 is 0 Å². The van der Waals surface area contributed by atoms with Gasteiger partial charge in [0.05, 0.1) is 24.4 Å². The quantitative estimate of drug-likeness (QED) is 0.616. The van der Waals surface area contributed by atoms with Gasteiger partial charge in [0, 0.05) is 8.95 Å². The lowest BCUT2D eigenvalue weighted by atomic mass is 10.1. The van der Waals surface area contributed by atoms with Crippen LogP contribution in [-0.4, -0.2) is 18.3 Å². The second-order valence-corrected chi connectivity index (χ2v) is 7.27. The Morgan fingerprint density at radius 2 is 1.79 bits per heavy atom. The van der Waals surface area contributed by atoms with Crippen LogP contribution in [0.2, 0.25) is 0 Å². The molecule has 4 nitrogen and oxygen atoms in total. The lowest BCUT2D eigenvalue weighted by Gasteiger charge is -2.18. The molecule has 0 radical (unpaired) electrons. The number of nitrogens with zero attached hydrogens (tertiary/aromatic N) is 1. The number of hydrogen-bond acceptors (Lipinski definition) is 3. The molecule has 0 saturated carbocycles. The molecule has 2 aromatic rings. The normalized spacial score (nSPS) is 13.4. The number of benzene rings is 2. The van der Waals surface area contributed by atoms with Crippen molar-refractivity contribution < 1.29 is 14.3 Å². The largest absolute Gasteiger partial charge is 0.494 e. The van der Waals surface area contributed by atoms with E-state index in [1.54, 1.807) is 6.07 Å². The van der Waals surface area contributed by atoms with Crippen molar-refractivity contribution in [2.75, 3.05) is 11.5 Å². The van der Waals surface area contributed by atoms with Crippen LogP contribution in [0.4, 0.5) is 5.69 Å². The molecule has 1 heterocycles. The predicted octanol–water partition coefficient (Wildman–Crippen LogP) is 4.73. The minimum atomic E-state index is -0.505. The van der Waals surface area contributed by atoms with E-state index in [9.17, 15) is 9.59 Å². The second-order valence-electron chi connectivity index (χ2n) is 5.50. The minimum absolute atomic E-state index is 0.339. The van der Waals surface area contributed by atoms with Crippen LogP contribution in [0, 0.1) is 0 Å². The average Bonchev–Trinajstić information content (AvgIpc) is 2.79. The summed E-state index contributed by atoms with van der Waals surface area (Å²) in [5, 5.41) is 0. The zero-order chi connectivity index (χ0) is 17.3. The van der Waals surface area contributed by atoms with Gasteiger partial charge < -0.3 is 4.74 Å². The van der Waals surface area contributed by atoms with Gasteiger partial charge in [0.1, 0.15) is 5.75 Å². The van der Waals surface area contributed by atoms with Crippen LogP contribution < -0.4 is 9.64 Å². The van der Waals surface area contributed by atoms with Crippen molar-refractivity contribution >= 4 is 49.2 Å². The lowest BCUT2D eigenvalue weighted by Crippen LogP contribution is -2.29. The van der Waals surface area contributed by atoms with Crippen LogP contribution in [0.1, 0.15) is 29.3 Å². The fraction of sp³-hybridized carbons (Fsp3) is 0.222. The molecule has 0 aliphatic carbocycles. The molecule has 2 aromatic carbocycles. The van der Waals surface area contributed by atoms with E-state index < -0.39 is 11.7 Å². The Labute approximate surface area is 157 Å². The molecule has 3 rings (SSSR count). The van der Waals surface area contributed by atoms with Crippen LogP contribution in [0.15, 0.2) is 45.3 Å². The van der Waals surface area contributed by atoms with Crippen molar-refractivity contribution in [3.63, 3.8) is 0 Å². The minimum Gasteiger partial charge on any atom is -0.494 e. The van der Waals surface area contributed by atoms with Gasteiger partial charge in [0.25, 0.3) is 11.7 Å². The Hall–Kier alpha value is -1.66. The number of Topliss-reactive ketones (excluding diaryl/α,β-unsaturated/α-hetero) is 1. The molecule has 0 unspecified atom stereocenters. The van der Waals surface area contributed by atoms with Crippen LogP contribution in [0.25, 0.3) is 0 Å². The van der Waals surface area contributed by atoms with E-state index in [0.717, 1.165) is 22.2 Å². The Kier molecular flexibility index (Phi) is 5.06. The maximum absolute atomic E-state index is 12.4. The van der Waals surface area contributed by atoms with Crippen molar-refractivity contribution in [2.45, 2.75) is 19.9 Å². The van der Waals surface area contributed by atoms with Gasteiger partial charge in [0.2, 0.25) is 0 Å². The number of fused-ring (bicyclic) bond motifs is 1. The lowest BCUT2D eigenvalue weighted by molar-refractivity contribution is -0.114. The van der Waals surface area contributed by atoms with Crippen molar-refractivity contribution in [3.8, 4) is 5.75 Å². The summed E-state index contributed by atoms with van der Waals surface area (Å²) in [6.45, 7) is 3.07. The van der Waals surface area contributed by atoms with Gasteiger partial charge in [-0.05, 0) is 52.2 Å². The van der Waals surface area contributed by atoms with Crippen LogP contribution in [0.3, 0.4) is 0 Å². The third kappa shape index (κ3) is 3.26. The van der Waals surface area contributed by atoms with Crippen molar-refractivity contribution in [3.05, 3.63) is 56.5 Å². The number of carbonyl (C=O) groups excluding carboxylic acids is 2. The molecule has 0 fully saturated rings. The first-order chi connectivity index (χ1) is 11.5. The number of amides is 1. The topological polar surface area (TPSA) is 46.6 Å². The second kappa shape index (κ2) is 7.07. The van der Waals surface area contributed by atoms with Crippen LogP contribution in [0.5, 0.6) is 5.75 Å². The van der Waals surface area contributed by atoms with Gasteiger partial charge in [-0.3, -0.25) is 14.5 Å². The van der Waals surface area contributed by atoms with Gasteiger partial charge in [-0.25, -0.2) is 0 Å². The van der Waals surface area contributed by atoms with E-state index in [4.69, 9.17) is 4.74 Å². The molecule has 0 aromatic heterocycles. The Bertz CT molecular complexity index is 803. The van der Waals surface area contributed by atoms with Gasteiger partial charge in [-0.15, -0.1) is 0 Å². The number of ketones is 1. The van der Waals surface area contributed by atoms with E-state index in [0.29, 0.717) is 28.9 Å². The zero-order valence-electron chi connectivity index (χ0n) is 13.0. The first kappa shape index (κ1) is 17.2. The number of hydrogen-bond donors (Lipinski definition) is 0. The Morgan fingerprint density at radius 3 is 2.46 bits per heavy atom. The molecule has 0 atom stereocenters. The smallest absolute Gasteiger partial charge is 0.299 e. The third-order valence-electron chi connectivity index (χ3n) is 3.72. The third-order valence-corrected chi connectivity index (χ3v) is 4.78. The molecule has 1 aliphatic rings. The molecule has 0 bridgehead atoms. The summed E-state index contributed by atoms with van der Waals surface area (Å²) in [5.41, 5.74) is 1.98. The SMILES string of the molecule is CCCOc1ccc(CN2C(=O)C(=O)c3cc(Br)cc(Br)c32)cc1.